The Morgan fingerprint density at radius 2 is 2.07 bits per heavy atom. The topological polar surface area (TPSA) is 26.0 Å². The predicted octanol–water partition coefficient (Wildman–Crippen LogP) is 4.08. The van der Waals surface area contributed by atoms with Crippen LogP contribution in [-0.4, -0.2) is 0 Å². The second kappa shape index (κ2) is 5.53. The summed E-state index contributed by atoms with van der Waals surface area (Å²) in [4.78, 5) is 0. The van der Waals surface area contributed by atoms with Crippen molar-refractivity contribution in [2.24, 2.45) is 11.7 Å². The lowest BCUT2D eigenvalue weighted by Gasteiger charge is -2.21. The monoisotopic (exact) mass is 225 g/mol. The van der Waals surface area contributed by atoms with Gasteiger partial charge >= 0.3 is 0 Å². The van der Waals surface area contributed by atoms with Crippen LogP contribution in [0.4, 0.5) is 0 Å². The SMILES string of the molecule is CCCC(C)C(N)c1cccc(C)c1Cl. The molecule has 1 rings (SSSR count). The van der Waals surface area contributed by atoms with Crippen LogP contribution in [-0.2, 0) is 0 Å². The second-order valence-corrected chi connectivity index (χ2v) is 4.65. The van der Waals surface area contributed by atoms with Crippen molar-refractivity contribution in [3.63, 3.8) is 0 Å². The van der Waals surface area contributed by atoms with Crippen molar-refractivity contribution in [3.05, 3.63) is 34.3 Å². The molecule has 0 amide bonds. The summed E-state index contributed by atoms with van der Waals surface area (Å²) in [5.41, 5.74) is 8.40. The Morgan fingerprint density at radius 3 is 2.67 bits per heavy atom. The van der Waals surface area contributed by atoms with E-state index in [4.69, 9.17) is 17.3 Å². The summed E-state index contributed by atoms with van der Waals surface area (Å²) in [5, 5.41) is 0.827. The fourth-order valence-electron chi connectivity index (χ4n) is 1.87. The van der Waals surface area contributed by atoms with Gasteiger partial charge in [-0.2, -0.15) is 0 Å². The van der Waals surface area contributed by atoms with E-state index in [2.05, 4.69) is 13.8 Å². The normalized spacial score (nSPS) is 15.0. The standard InChI is InChI=1S/C13H20ClN/c1-4-6-10(3)13(15)11-8-5-7-9(2)12(11)14/h5,7-8,10,13H,4,6,15H2,1-3H3. The lowest BCUT2D eigenvalue weighted by atomic mass is 9.91. The Kier molecular flexibility index (Phi) is 4.62. The Balaban J connectivity index is 2.90. The Morgan fingerprint density at radius 1 is 1.40 bits per heavy atom. The van der Waals surface area contributed by atoms with Crippen molar-refractivity contribution < 1.29 is 0 Å². The van der Waals surface area contributed by atoms with E-state index in [1.807, 2.05) is 25.1 Å². The van der Waals surface area contributed by atoms with Gasteiger partial charge in [0.2, 0.25) is 0 Å². The number of hydrogen-bond donors (Lipinski definition) is 1. The summed E-state index contributed by atoms with van der Waals surface area (Å²) in [7, 11) is 0. The largest absolute Gasteiger partial charge is 0.324 e. The Bertz CT molecular complexity index is 322. The number of nitrogens with two attached hydrogens (primary N) is 1. The highest BCUT2D eigenvalue weighted by Gasteiger charge is 2.17. The maximum absolute atomic E-state index is 6.25. The van der Waals surface area contributed by atoms with E-state index in [1.165, 1.54) is 0 Å². The molecule has 1 nitrogen and oxygen atoms in total. The quantitative estimate of drug-likeness (QED) is 0.821. The number of hydrogen-bond acceptors (Lipinski definition) is 1. The van der Waals surface area contributed by atoms with Crippen molar-refractivity contribution >= 4 is 11.6 Å². The predicted molar refractivity (Wildman–Crippen MR) is 67.2 cm³/mol. The molecule has 84 valence electrons. The van der Waals surface area contributed by atoms with Gasteiger partial charge in [0.05, 0.1) is 0 Å². The molecule has 0 fully saturated rings. The smallest absolute Gasteiger partial charge is 0.0483 e. The van der Waals surface area contributed by atoms with Gasteiger partial charge in [-0.1, -0.05) is 50.1 Å². The molecule has 15 heavy (non-hydrogen) atoms. The minimum Gasteiger partial charge on any atom is -0.324 e. The van der Waals surface area contributed by atoms with Crippen LogP contribution in [0.5, 0.6) is 0 Å². The first-order valence-corrected chi connectivity index (χ1v) is 5.96. The van der Waals surface area contributed by atoms with Crippen molar-refractivity contribution in [2.75, 3.05) is 0 Å². The zero-order valence-corrected chi connectivity index (χ0v) is 10.5. The third-order valence-electron chi connectivity index (χ3n) is 2.94. The van der Waals surface area contributed by atoms with E-state index >= 15 is 0 Å². The molecule has 0 radical (unpaired) electrons. The van der Waals surface area contributed by atoms with Gasteiger partial charge in [0.25, 0.3) is 0 Å². The van der Waals surface area contributed by atoms with E-state index in [-0.39, 0.29) is 6.04 Å². The average Bonchev–Trinajstić information content (AvgIpc) is 2.21. The third-order valence-corrected chi connectivity index (χ3v) is 3.45. The summed E-state index contributed by atoms with van der Waals surface area (Å²) in [6.07, 6.45) is 2.31. The van der Waals surface area contributed by atoms with E-state index < -0.39 is 0 Å². The molecular formula is C13H20ClN. The fraction of sp³-hybridized carbons (Fsp3) is 0.538. The molecule has 0 aliphatic heterocycles. The maximum atomic E-state index is 6.25. The fourth-order valence-corrected chi connectivity index (χ4v) is 2.12. The number of aryl methyl sites for hydroxylation is 1. The van der Waals surface area contributed by atoms with Gasteiger partial charge in [-0.25, -0.2) is 0 Å². The van der Waals surface area contributed by atoms with E-state index in [0.717, 1.165) is 29.0 Å². The van der Waals surface area contributed by atoms with Crippen LogP contribution in [0.3, 0.4) is 0 Å². The van der Waals surface area contributed by atoms with Gasteiger partial charge < -0.3 is 5.73 Å². The van der Waals surface area contributed by atoms with Crippen LogP contribution >= 0.6 is 11.6 Å². The first-order chi connectivity index (χ1) is 7.07. The molecule has 0 saturated carbocycles. The van der Waals surface area contributed by atoms with Crippen LogP contribution in [0.15, 0.2) is 18.2 Å². The number of rotatable bonds is 4. The van der Waals surface area contributed by atoms with Crippen molar-refractivity contribution in [3.8, 4) is 0 Å². The summed E-state index contributed by atoms with van der Waals surface area (Å²) >= 11 is 6.25. The highest BCUT2D eigenvalue weighted by atomic mass is 35.5. The lowest BCUT2D eigenvalue weighted by Crippen LogP contribution is -2.19. The zero-order chi connectivity index (χ0) is 11.4. The molecule has 2 N–H and O–H groups in total. The molecule has 1 aromatic rings. The summed E-state index contributed by atoms with van der Waals surface area (Å²) < 4.78 is 0. The molecule has 2 heteroatoms. The lowest BCUT2D eigenvalue weighted by molar-refractivity contribution is 0.433. The molecule has 0 spiro atoms. The highest BCUT2D eigenvalue weighted by Crippen LogP contribution is 2.30. The average molecular weight is 226 g/mol. The van der Waals surface area contributed by atoms with Crippen molar-refractivity contribution in [2.45, 2.75) is 39.7 Å². The van der Waals surface area contributed by atoms with E-state index in [9.17, 15) is 0 Å². The van der Waals surface area contributed by atoms with Gasteiger partial charge in [0, 0.05) is 11.1 Å². The van der Waals surface area contributed by atoms with Crippen LogP contribution in [0.1, 0.15) is 43.9 Å². The third kappa shape index (κ3) is 2.96. The molecule has 0 bridgehead atoms. The molecule has 2 atom stereocenters. The molecule has 0 aliphatic rings. The van der Waals surface area contributed by atoms with Crippen LogP contribution in [0.2, 0.25) is 5.02 Å². The highest BCUT2D eigenvalue weighted by molar-refractivity contribution is 6.32. The minimum atomic E-state index is 0.0531. The molecule has 1 aromatic carbocycles. The summed E-state index contributed by atoms with van der Waals surface area (Å²) in [5.74, 6) is 0.481. The molecule has 0 heterocycles. The molecule has 0 aromatic heterocycles. The number of halogens is 1. The molecular weight excluding hydrogens is 206 g/mol. The van der Waals surface area contributed by atoms with Gasteiger partial charge in [-0.3, -0.25) is 0 Å². The molecule has 2 unspecified atom stereocenters. The zero-order valence-electron chi connectivity index (χ0n) is 9.76. The van der Waals surface area contributed by atoms with E-state index in [1.54, 1.807) is 0 Å². The van der Waals surface area contributed by atoms with Crippen molar-refractivity contribution in [1.29, 1.82) is 0 Å². The molecule has 0 saturated heterocycles. The van der Waals surface area contributed by atoms with Crippen LogP contribution in [0, 0.1) is 12.8 Å². The first-order valence-electron chi connectivity index (χ1n) is 5.58. The van der Waals surface area contributed by atoms with Crippen LogP contribution < -0.4 is 5.73 Å². The van der Waals surface area contributed by atoms with Crippen molar-refractivity contribution in [1.82, 2.24) is 0 Å². The van der Waals surface area contributed by atoms with Gasteiger partial charge in [0.1, 0.15) is 0 Å². The van der Waals surface area contributed by atoms with Gasteiger partial charge in [-0.15, -0.1) is 0 Å². The van der Waals surface area contributed by atoms with Gasteiger partial charge in [-0.05, 0) is 30.4 Å². The first kappa shape index (κ1) is 12.5. The maximum Gasteiger partial charge on any atom is 0.0483 e. The Labute approximate surface area is 97.6 Å². The van der Waals surface area contributed by atoms with Crippen LogP contribution in [0.25, 0.3) is 0 Å². The minimum absolute atomic E-state index is 0.0531. The van der Waals surface area contributed by atoms with Gasteiger partial charge in [0.15, 0.2) is 0 Å². The van der Waals surface area contributed by atoms with E-state index in [0.29, 0.717) is 5.92 Å². The number of benzene rings is 1. The molecule has 0 aliphatic carbocycles. The second-order valence-electron chi connectivity index (χ2n) is 4.27. The summed E-state index contributed by atoms with van der Waals surface area (Å²) in [6.45, 7) is 6.39. The Hall–Kier alpha value is -0.530. The summed E-state index contributed by atoms with van der Waals surface area (Å²) in [6, 6.07) is 6.13.